The molecule has 2 heterocycles. The third kappa shape index (κ3) is 2.80. The van der Waals surface area contributed by atoms with Gasteiger partial charge in [-0.3, -0.25) is 9.97 Å². The number of likely N-dealkylation sites (N-methyl/N-ethyl adjacent to an activating group) is 1. The average Bonchev–Trinajstić information content (AvgIpc) is 2.82. The average molecular weight is 268 g/mol. The third-order valence-corrected chi connectivity index (χ3v) is 3.74. The van der Waals surface area contributed by atoms with Crippen LogP contribution in [0.1, 0.15) is 22.5 Å². The number of aryl methyl sites for hydroxylation is 1. The highest BCUT2D eigenvalue weighted by molar-refractivity contribution is 5.58. The number of nitrogens with zero attached hydrogens (tertiary/aromatic N) is 3. The molecular weight excluding hydrogens is 248 g/mol. The molecule has 1 N–H and O–H groups in total. The summed E-state index contributed by atoms with van der Waals surface area (Å²) in [6.07, 6.45) is 4.80. The van der Waals surface area contributed by atoms with Crippen molar-refractivity contribution in [3.8, 4) is 0 Å². The van der Waals surface area contributed by atoms with Gasteiger partial charge >= 0.3 is 0 Å². The van der Waals surface area contributed by atoms with Gasteiger partial charge in [0.1, 0.15) is 0 Å². The number of hydrogen-bond acceptors (Lipinski definition) is 4. The van der Waals surface area contributed by atoms with Gasteiger partial charge in [0.05, 0.1) is 11.4 Å². The van der Waals surface area contributed by atoms with Crippen molar-refractivity contribution >= 4 is 5.69 Å². The Kier molecular flexibility index (Phi) is 3.65. The van der Waals surface area contributed by atoms with Crippen molar-refractivity contribution < 1.29 is 0 Å². The highest BCUT2D eigenvalue weighted by Gasteiger charge is 2.15. The second-order valence-electron chi connectivity index (χ2n) is 5.39. The molecule has 104 valence electrons. The molecule has 0 saturated carbocycles. The molecule has 0 aliphatic carbocycles. The van der Waals surface area contributed by atoms with E-state index in [0.29, 0.717) is 0 Å². The number of fused-ring (bicyclic) bond motifs is 1. The van der Waals surface area contributed by atoms with Gasteiger partial charge in [0.25, 0.3) is 0 Å². The Bertz CT molecular complexity index is 592. The first-order valence-electron chi connectivity index (χ1n) is 7.03. The van der Waals surface area contributed by atoms with E-state index in [-0.39, 0.29) is 0 Å². The summed E-state index contributed by atoms with van der Waals surface area (Å²) in [5.41, 5.74) is 6.10. The van der Waals surface area contributed by atoms with Crippen molar-refractivity contribution in [3.05, 3.63) is 53.1 Å². The van der Waals surface area contributed by atoms with Crippen LogP contribution < -0.4 is 10.2 Å². The molecule has 1 aromatic heterocycles. The molecule has 1 aliphatic heterocycles. The van der Waals surface area contributed by atoms with Gasteiger partial charge in [0.15, 0.2) is 0 Å². The first kappa shape index (κ1) is 13.1. The molecule has 1 aliphatic rings. The summed E-state index contributed by atoms with van der Waals surface area (Å²) in [5, 5.41) is 3.42. The molecule has 20 heavy (non-hydrogen) atoms. The maximum atomic E-state index is 4.35. The molecule has 0 bridgehead atoms. The Morgan fingerprint density at radius 3 is 2.90 bits per heavy atom. The van der Waals surface area contributed by atoms with E-state index in [4.69, 9.17) is 0 Å². The van der Waals surface area contributed by atoms with Crippen LogP contribution in [0.15, 0.2) is 30.6 Å². The third-order valence-electron chi connectivity index (χ3n) is 3.74. The molecule has 0 fully saturated rings. The first-order chi connectivity index (χ1) is 9.72. The van der Waals surface area contributed by atoms with Crippen molar-refractivity contribution in [1.29, 1.82) is 0 Å². The molecule has 0 amide bonds. The SMILES string of the molecule is Cc1cnc(CNCc2ccc3c(c2)CCN3C)cn1. The lowest BCUT2D eigenvalue weighted by Gasteiger charge is -2.12. The maximum absolute atomic E-state index is 4.35. The summed E-state index contributed by atoms with van der Waals surface area (Å²) >= 11 is 0. The Balaban J connectivity index is 1.58. The Hall–Kier alpha value is -1.94. The van der Waals surface area contributed by atoms with Crippen LogP contribution in [0.3, 0.4) is 0 Å². The Morgan fingerprint density at radius 2 is 2.10 bits per heavy atom. The molecule has 0 spiro atoms. The van der Waals surface area contributed by atoms with Crippen LogP contribution >= 0.6 is 0 Å². The second-order valence-corrected chi connectivity index (χ2v) is 5.39. The Morgan fingerprint density at radius 1 is 1.20 bits per heavy atom. The van der Waals surface area contributed by atoms with Gasteiger partial charge in [-0.15, -0.1) is 0 Å². The topological polar surface area (TPSA) is 41.1 Å². The lowest BCUT2D eigenvalue weighted by Crippen LogP contribution is -2.14. The normalized spacial score (nSPS) is 13.6. The molecular formula is C16H20N4. The van der Waals surface area contributed by atoms with Gasteiger partial charge in [-0.2, -0.15) is 0 Å². The van der Waals surface area contributed by atoms with E-state index in [9.17, 15) is 0 Å². The van der Waals surface area contributed by atoms with Crippen molar-refractivity contribution in [2.45, 2.75) is 26.4 Å². The highest BCUT2D eigenvalue weighted by atomic mass is 15.1. The van der Waals surface area contributed by atoms with E-state index in [2.05, 4.69) is 45.4 Å². The number of benzene rings is 1. The number of hydrogen-bond donors (Lipinski definition) is 1. The minimum Gasteiger partial charge on any atom is -0.374 e. The summed E-state index contributed by atoms with van der Waals surface area (Å²) in [6.45, 7) is 4.70. The molecule has 2 aromatic rings. The summed E-state index contributed by atoms with van der Waals surface area (Å²) in [6, 6.07) is 6.74. The largest absolute Gasteiger partial charge is 0.374 e. The van der Waals surface area contributed by atoms with E-state index in [0.717, 1.165) is 37.4 Å². The molecule has 0 unspecified atom stereocenters. The zero-order valence-corrected chi connectivity index (χ0v) is 12.1. The standard InChI is InChI=1S/C16H20N4/c1-12-8-19-15(11-18-12)10-17-9-13-3-4-16-14(7-13)5-6-20(16)2/h3-4,7-8,11,17H,5-6,9-10H2,1-2H3. The molecule has 0 radical (unpaired) electrons. The van der Waals surface area contributed by atoms with Crippen LogP contribution in [0.5, 0.6) is 0 Å². The molecule has 0 saturated heterocycles. The number of rotatable bonds is 4. The maximum Gasteiger partial charge on any atom is 0.0724 e. The van der Waals surface area contributed by atoms with Gasteiger partial charge in [0.2, 0.25) is 0 Å². The van der Waals surface area contributed by atoms with E-state index < -0.39 is 0 Å². The smallest absolute Gasteiger partial charge is 0.0724 e. The Labute approximate surface area is 119 Å². The highest BCUT2D eigenvalue weighted by Crippen LogP contribution is 2.27. The lowest BCUT2D eigenvalue weighted by atomic mass is 10.1. The van der Waals surface area contributed by atoms with Gasteiger partial charge in [-0.05, 0) is 30.5 Å². The van der Waals surface area contributed by atoms with E-state index in [1.807, 2.05) is 19.3 Å². The van der Waals surface area contributed by atoms with E-state index in [1.165, 1.54) is 16.8 Å². The van der Waals surface area contributed by atoms with Crippen molar-refractivity contribution in [3.63, 3.8) is 0 Å². The number of nitrogens with one attached hydrogen (secondary N) is 1. The number of aromatic nitrogens is 2. The van der Waals surface area contributed by atoms with Gasteiger partial charge in [-0.25, -0.2) is 0 Å². The minimum atomic E-state index is 0.754. The van der Waals surface area contributed by atoms with E-state index >= 15 is 0 Å². The van der Waals surface area contributed by atoms with Crippen molar-refractivity contribution in [2.75, 3.05) is 18.5 Å². The zero-order valence-electron chi connectivity index (χ0n) is 12.1. The second kappa shape index (κ2) is 5.59. The van der Waals surface area contributed by atoms with Gasteiger partial charge < -0.3 is 10.2 Å². The van der Waals surface area contributed by atoms with Crippen LogP contribution in [-0.2, 0) is 19.5 Å². The van der Waals surface area contributed by atoms with Crippen LogP contribution in [-0.4, -0.2) is 23.6 Å². The summed E-state index contributed by atoms with van der Waals surface area (Å²) in [5.74, 6) is 0. The summed E-state index contributed by atoms with van der Waals surface area (Å²) < 4.78 is 0. The quantitative estimate of drug-likeness (QED) is 0.921. The molecule has 4 heteroatoms. The van der Waals surface area contributed by atoms with E-state index in [1.54, 1.807) is 0 Å². The van der Waals surface area contributed by atoms with Crippen LogP contribution in [0.25, 0.3) is 0 Å². The fourth-order valence-corrected chi connectivity index (χ4v) is 2.58. The van der Waals surface area contributed by atoms with Crippen LogP contribution in [0.2, 0.25) is 0 Å². The monoisotopic (exact) mass is 268 g/mol. The first-order valence-corrected chi connectivity index (χ1v) is 7.03. The van der Waals surface area contributed by atoms with Crippen LogP contribution in [0, 0.1) is 6.92 Å². The summed E-state index contributed by atoms with van der Waals surface area (Å²) in [4.78, 5) is 10.9. The predicted octanol–water partition coefficient (Wildman–Crippen LogP) is 2.07. The van der Waals surface area contributed by atoms with Gasteiger partial charge in [0, 0.05) is 44.8 Å². The van der Waals surface area contributed by atoms with Crippen molar-refractivity contribution in [1.82, 2.24) is 15.3 Å². The fraction of sp³-hybridized carbons (Fsp3) is 0.375. The minimum absolute atomic E-state index is 0.754. The predicted molar refractivity (Wildman–Crippen MR) is 80.7 cm³/mol. The lowest BCUT2D eigenvalue weighted by molar-refractivity contribution is 0.675. The molecule has 3 rings (SSSR count). The summed E-state index contributed by atoms with van der Waals surface area (Å²) in [7, 11) is 2.15. The zero-order chi connectivity index (χ0) is 13.9. The van der Waals surface area contributed by atoms with Crippen molar-refractivity contribution in [2.24, 2.45) is 0 Å². The molecule has 1 aromatic carbocycles. The van der Waals surface area contributed by atoms with Gasteiger partial charge in [-0.1, -0.05) is 12.1 Å². The number of anilines is 1. The van der Waals surface area contributed by atoms with Crippen LogP contribution in [0.4, 0.5) is 5.69 Å². The molecule has 0 atom stereocenters. The molecule has 4 nitrogen and oxygen atoms in total. The fourth-order valence-electron chi connectivity index (χ4n) is 2.58.